The summed E-state index contributed by atoms with van der Waals surface area (Å²) in [6.45, 7) is 1.15. The number of aliphatic hydroxyl groups is 4. The van der Waals surface area contributed by atoms with Gasteiger partial charge in [-0.05, 0) is 12.1 Å². The Kier molecular flexibility index (Phi) is 3.83. The van der Waals surface area contributed by atoms with Crippen LogP contribution in [0, 0.1) is 6.92 Å². The van der Waals surface area contributed by atoms with Crippen molar-refractivity contribution in [2.24, 2.45) is 0 Å². The van der Waals surface area contributed by atoms with Crippen LogP contribution < -0.4 is 4.74 Å². The largest absolute Gasteiger partial charge is 0.443 e. The number of hydrogen-bond acceptors (Lipinski definition) is 8. The van der Waals surface area contributed by atoms with Gasteiger partial charge in [-0.1, -0.05) is 0 Å². The Bertz CT molecular complexity index is 393. The SMILES string of the molecule is Cc1cc(O[C@@H]2O[C@H](CO)[C@@H](O)[C@H](O)[C@H]2O)no1. The maximum atomic E-state index is 9.69. The van der Waals surface area contributed by atoms with Crippen LogP contribution in [0.1, 0.15) is 5.76 Å². The van der Waals surface area contributed by atoms with E-state index in [4.69, 9.17) is 19.1 Å². The molecule has 18 heavy (non-hydrogen) atoms. The second kappa shape index (κ2) is 5.21. The first-order chi connectivity index (χ1) is 8.52. The van der Waals surface area contributed by atoms with Crippen LogP contribution in [0.15, 0.2) is 10.6 Å². The van der Waals surface area contributed by atoms with E-state index in [1.54, 1.807) is 6.92 Å². The van der Waals surface area contributed by atoms with E-state index >= 15 is 0 Å². The fourth-order valence-corrected chi connectivity index (χ4v) is 1.68. The molecular weight excluding hydrogens is 246 g/mol. The monoisotopic (exact) mass is 261 g/mol. The molecule has 102 valence electrons. The molecule has 5 atom stereocenters. The summed E-state index contributed by atoms with van der Waals surface area (Å²) in [7, 11) is 0. The van der Waals surface area contributed by atoms with E-state index in [9.17, 15) is 15.3 Å². The van der Waals surface area contributed by atoms with E-state index in [0.29, 0.717) is 5.76 Å². The van der Waals surface area contributed by atoms with E-state index in [1.165, 1.54) is 6.07 Å². The van der Waals surface area contributed by atoms with Gasteiger partial charge in [-0.15, -0.1) is 0 Å². The van der Waals surface area contributed by atoms with Crippen molar-refractivity contribution in [1.29, 1.82) is 0 Å². The fourth-order valence-electron chi connectivity index (χ4n) is 1.68. The first-order valence-corrected chi connectivity index (χ1v) is 5.43. The van der Waals surface area contributed by atoms with Crippen LogP contribution in [0.25, 0.3) is 0 Å². The summed E-state index contributed by atoms with van der Waals surface area (Å²) in [6.07, 6.45) is -6.61. The van der Waals surface area contributed by atoms with Gasteiger partial charge in [0.2, 0.25) is 6.29 Å². The van der Waals surface area contributed by atoms with Gasteiger partial charge in [-0.2, -0.15) is 0 Å². The van der Waals surface area contributed by atoms with Gasteiger partial charge in [0.05, 0.1) is 6.61 Å². The van der Waals surface area contributed by atoms with Crippen molar-refractivity contribution in [3.63, 3.8) is 0 Å². The molecular formula is C10H15NO7. The molecule has 1 aliphatic rings. The zero-order valence-corrected chi connectivity index (χ0v) is 9.63. The van der Waals surface area contributed by atoms with Gasteiger partial charge in [0, 0.05) is 6.07 Å². The molecule has 0 saturated carbocycles. The minimum atomic E-state index is -1.48. The van der Waals surface area contributed by atoms with Crippen molar-refractivity contribution < 1.29 is 34.4 Å². The highest BCUT2D eigenvalue weighted by Crippen LogP contribution is 2.23. The van der Waals surface area contributed by atoms with Crippen molar-refractivity contribution in [2.75, 3.05) is 6.61 Å². The highest BCUT2D eigenvalue weighted by Gasteiger charge is 2.44. The lowest BCUT2D eigenvalue weighted by Crippen LogP contribution is -2.60. The number of ether oxygens (including phenoxy) is 2. The van der Waals surface area contributed by atoms with Gasteiger partial charge in [0.25, 0.3) is 5.88 Å². The highest BCUT2D eigenvalue weighted by atomic mass is 16.7. The molecule has 0 unspecified atom stereocenters. The maximum absolute atomic E-state index is 9.69. The second-order valence-electron chi connectivity index (χ2n) is 4.09. The number of aryl methyl sites for hydroxylation is 1. The third-order valence-electron chi connectivity index (χ3n) is 2.69. The predicted octanol–water partition coefficient (Wildman–Crippen LogP) is -1.84. The standard InChI is InChI=1S/C10H15NO7/c1-4-2-6(11-18-4)17-10-9(15)8(14)7(13)5(3-12)16-10/h2,5,7-10,12-15H,3H2,1H3/t5-,7-,8+,9-,10+/m1/s1. The average Bonchev–Trinajstić information content (AvgIpc) is 2.75. The lowest BCUT2D eigenvalue weighted by atomic mass is 9.99. The van der Waals surface area contributed by atoms with E-state index in [-0.39, 0.29) is 5.88 Å². The van der Waals surface area contributed by atoms with Gasteiger partial charge in [0.15, 0.2) is 0 Å². The topological polar surface area (TPSA) is 125 Å². The van der Waals surface area contributed by atoms with E-state index in [1.807, 2.05) is 0 Å². The molecule has 0 aliphatic carbocycles. The maximum Gasteiger partial charge on any atom is 0.256 e. The van der Waals surface area contributed by atoms with Crippen LogP contribution in [0.5, 0.6) is 5.88 Å². The van der Waals surface area contributed by atoms with Crippen LogP contribution in [0.3, 0.4) is 0 Å². The minimum absolute atomic E-state index is 0.0804. The van der Waals surface area contributed by atoms with Crippen molar-refractivity contribution >= 4 is 0 Å². The highest BCUT2D eigenvalue weighted by molar-refractivity contribution is 5.10. The van der Waals surface area contributed by atoms with Crippen molar-refractivity contribution in [2.45, 2.75) is 37.6 Å². The zero-order chi connectivity index (χ0) is 13.3. The summed E-state index contributed by atoms with van der Waals surface area (Å²) in [5, 5.41) is 41.3. The second-order valence-corrected chi connectivity index (χ2v) is 4.09. The Morgan fingerprint density at radius 3 is 2.56 bits per heavy atom. The lowest BCUT2D eigenvalue weighted by molar-refractivity contribution is -0.278. The third-order valence-corrected chi connectivity index (χ3v) is 2.69. The lowest BCUT2D eigenvalue weighted by Gasteiger charge is -2.39. The Labute approximate surface area is 102 Å². The summed E-state index contributed by atoms with van der Waals surface area (Å²) in [5.41, 5.74) is 0. The molecule has 1 fully saturated rings. The van der Waals surface area contributed by atoms with Gasteiger partial charge >= 0.3 is 0 Å². The smallest absolute Gasteiger partial charge is 0.256 e. The molecule has 1 aliphatic heterocycles. The fraction of sp³-hybridized carbons (Fsp3) is 0.700. The molecule has 1 saturated heterocycles. The first kappa shape index (κ1) is 13.2. The number of aliphatic hydroxyl groups excluding tert-OH is 4. The molecule has 4 N–H and O–H groups in total. The molecule has 8 nitrogen and oxygen atoms in total. The quantitative estimate of drug-likeness (QED) is 0.500. The van der Waals surface area contributed by atoms with Crippen LogP contribution in [0.4, 0.5) is 0 Å². The van der Waals surface area contributed by atoms with Crippen LogP contribution in [-0.2, 0) is 4.74 Å². The Balaban J connectivity index is 2.07. The average molecular weight is 261 g/mol. The summed E-state index contributed by atoms with van der Waals surface area (Å²) >= 11 is 0. The summed E-state index contributed by atoms with van der Waals surface area (Å²) in [4.78, 5) is 0. The molecule has 8 heteroatoms. The van der Waals surface area contributed by atoms with Gasteiger partial charge < -0.3 is 34.4 Å². The molecule has 2 rings (SSSR count). The predicted molar refractivity (Wildman–Crippen MR) is 55.6 cm³/mol. The van der Waals surface area contributed by atoms with Crippen molar-refractivity contribution in [3.8, 4) is 5.88 Å². The van der Waals surface area contributed by atoms with E-state index in [0.717, 1.165) is 0 Å². The van der Waals surface area contributed by atoms with E-state index < -0.39 is 37.3 Å². The van der Waals surface area contributed by atoms with Crippen LogP contribution in [-0.4, -0.2) is 62.9 Å². The van der Waals surface area contributed by atoms with Gasteiger partial charge in [-0.3, -0.25) is 0 Å². The normalized spacial score (nSPS) is 36.6. The van der Waals surface area contributed by atoms with Crippen molar-refractivity contribution in [3.05, 3.63) is 11.8 Å². The van der Waals surface area contributed by atoms with E-state index in [2.05, 4.69) is 5.16 Å². The Morgan fingerprint density at radius 1 is 1.28 bits per heavy atom. The van der Waals surface area contributed by atoms with Crippen LogP contribution >= 0.6 is 0 Å². The Morgan fingerprint density at radius 2 is 2.00 bits per heavy atom. The molecule has 0 bridgehead atoms. The molecule has 1 aromatic heterocycles. The van der Waals surface area contributed by atoms with Crippen LogP contribution in [0.2, 0.25) is 0 Å². The summed E-state index contributed by atoms with van der Waals surface area (Å²) < 4.78 is 15.1. The minimum Gasteiger partial charge on any atom is -0.443 e. The summed E-state index contributed by atoms with van der Waals surface area (Å²) in [5.74, 6) is 0.589. The zero-order valence-electron chi connectivity index (χ0n) is 9.63. The molecule has 0 amide bonds. The number of hydrogen-bond donors (Lipinski definition) is 4. The van der Waals surface area contributed by atoms with Crippen molar-refractivity contribution in [1.82, 2.24) is 5.16 Å². The number of rotatable bonds is 3. The molecule has 2 heterocycles. The third kappa shape index (κ3) is 2.47. The number of nitrogens with zero attached hydrogens (tertiary/aromatic N) is 1. The van der Waals surface area contributed by atoms with Gasteiger partial charge in [0.1, 0.15) is 30.2 Å². The number of aromatic nitrogens is 1. The molecule has 0 radical (unpaired) electrons. The molecule has 0 aromatic carbocycles. The Hall–Kier alpha value is -1.19. The first-order valence-electron chi connectivity index (χ1n) is 5.43. The van der Waals surface area contributed by atoms with Gasteiger partial charge in [-0.25, -0.2) is 0 Å². The molecule has 0 spiro atoms. The molecule has 1 aromatic rings. The summed E-state index contributed by atoms with van der Waals surface area (Å²) in [6, 6.07) is 1.47.